The second-order valence-electron chi connectivity index (χ2n) is 9.01. The van der Waals surface area contributed by atoms with E-state index < -0.39 is 0 Å². The Bertz CT molecular complexity index is 1320. The van der Waals surface area contributed by atoms with Crippen LogP contribution in [-0.2, 0) is 19.5 Å². The van der Waals surface area contributed by atoms with Crippen LogP contribution in [-0.4, -0.2) is 25.7 Å². The highest BCUT2D eigenvalue weighted by Crippen LogP contribution is 2.18. The number of nitrogens with one attached hydrogen (secondary N) is 1. The smallest absolute Gasteiger partial charge is 0.332 e. The summed E-state index contributed by atoms with van der Waals surface area (Å²) in [7, 11) is 0. The number of nitrogens with zero attached hydrogens (tertiary/aromatic N) is 3. The molecule has 0 radical (unpaired) electrons. The summed E-state index contributed by atoms with van der Waals surface area (Å²) in [6.07, 6.45) is 13.9. The Morgan fingerprint density at radius 1 is 1.06 bits per heavy atom. The molecule has 3 aromatic rings. The fourth-order valence-corrected chi connectivity index (χ4v) is 4.53. The lowest BCUT2D eigenvalue weighted by atomic mass is 10.1. The van der Waals surface area contributed by atoms with Gasteiger partial charge in [-0.05, 0) is 73.4 Å². The van der Waals surface area contributed by atoms with E-state index in [1.165, 1.54) is 15.7 Å². The zero-order valence-electron chi connectivity index (χ0n) is 20.3. The summed E-state index contributed by atoms with van der Waals surface area (Å²) in [6, 6.07) is 8.17. The Hall–Kier alpha value is -3.06. The maximum absolute atomic E-state index is 13.1. The van der Waals surface area contributed by atoms with E-state index >= 15 is 0 Å². The van der Waals surface area contributed by atoms with Crippen molar-refractivity contribution in [3.63, 3.8) is 0 Å². The summed E-state index contributed by atoms with van der Waals surface area (Å²) in [5.74, 6) is 0.867. The number of unbranched alkanes of at least 4 members (excludes halogenated alkanes) is 3. The number of hydrogen-bond acceptors (Lipinski definition) is 4. The first-order chi connectivity index (χ1) is 17.1. The third-order valence-corrected chi connectivity index (χ3v) is 6.54. The molecule has 2 heterocycles. The molecule has 1 aromatic carbocycles. The molecule has 0 bridgehead atoms. The molecule has 0 fully saturated rings. The molecule has 0 atom stereocenters. The molecule has 35 heavy (non-hydrogen) atoms. The highest BCUT2D eigenvalue weighted by atomic mass is 35.5. The average Bonchev–Trinajstić information content (AvgIpc) is 3.27. The van der Waals surface area contributed by atoms with Gasteiger partial charge < -0.3 is 9.72 Å². The largest absolute Gasteiger partial charge is 0.489 e. The normalized spacial score (nSPS) is 13.4. The van der Waals surface area contributed by atoms with Crippen molar-refractivity contribution in [2.45, 2.75) is 71.4 Å². The van der Waals surface area contributed by atoms with Gasteiger partial charge in [0.2, 0.25) is 5.28 Å². The lowest BCUT2D eigenvalue weighted by molar-refractivity contribution is 0.347. The number of hydrogen-bond donors (Lipinski definition) is 1. The van der Waals surface area contributed by atoms with Gasteiger partial charge in [-0.2, -0.15) is 4.98 Å². The number of H-pyrrole nitrogens is 1. The van der Waals surface area contributed by atoms with Gasteiger partial charge in [-0.1, -0.05) is 50.1 Å². The first kappa shape index (κ1) is 25.0. The van der Waals surface area contributed by atoms with Crippen molar-refractivity contribution in [2.75, 3.05) is 6.61 Å². The number of ether oxygens (including phenoxy) is 1. The Balaban J connectivity index is 1.35. The van der Waals surface area contributed by atoms with E-state index in [0.29, 0.717) is 30.9 Å². The Morgan fingerprint density at radius 3 is 2.57 bits per heavy atom. The van der Waals surface area contributed by atoms with Gasteiger partial charge in [-0.25, -0.2) is 4.79 Å². The first-order valence-electron chi connectivity index (χ1n) is 12.5. The third kappa shape index (κ3) is 6.34. The van der Waals surface area contributed by atoms with Crippen LogP contribution in [0, 0.1) is 0 Å². The number of aromatic amines is 1. The summed E-state index contributed by atoms with van der Waals surface area (Å²) in [5, 5.41) is 0.123. The fourth-order valence-electron chi connectivity index (χ4n) is 4.36. The zero-order valence-corrected chi connectivity index (χ0v) is 21.0. The van der Waals surface area contributed by atoms with E-state index in [0.717, 1.165) is 57.1 Å². The molecule has 0 unspecified atom stereocenters. The van der Waals surface area contributed by atoms with Crippen molar-refractivity contribution in [1.29, 1.82) is 0 Å². The molecule has 1 aliphatic rings. The van der Waals surface area contributed by atoms with Gasteiger partial charge in [-0.3, -0.25) is 13.9 Å². The number of allylic oxidation sites excluding steroid dienone is 3. The molecular weight excluding hydrogens is 464 g/mol. The summed E-state index contributed by atoms with van der Waals surface area (Å²) < 4.78 is 8.79. The van der Waals surface area contributed by atoms with Gasteiger partial charge in [0, 0.05) is 13.1 Å². The van der Waals surface area contributed by atoms with E-state index in [1.54, 1.807) is 4.57 Å². The summed E-state index contributed by atoms with van der Waals surface area (Å²) in [6.45, 7) is 3.62. The van der Waals surface area contributed by atoms with Gasteiger partial charge in [0.05, 0.1) is 0 Å². The monoisotopic (exact) mass is 496 g/mol. The van der Waals surface area contributed by atoms with Gasteiger partial charge in [0.1, 0.15) is 12.4 Å². The van der Waals surface area contributed by atoms with E-state index in [2.05, 4.69) is 47.3 Å². The van der Waals surface area contributed by atoms with Crippen molar-refractivity contribution in [3.8, 4) is 5.75 Å². The number of rotatable bonds is 12. The van der Waals surface area contributed by atoms with Crippen LogP contribution in [0.25, 0.3) is 11.2 Å². The van der Waals surface area contributed by atoms with Crippen LogP contribution in [0.15, 0.2) is 57.7 Å². The minimum absolute atomic E-state index is 0.123. The van der Waals surface area contributed by atoms with Crippen LogP contribution in [0.5, 0.6) is 5.75 Å². The molecule has 8 heteroatoms. The minimum Gasteiger partial charge on any atom is -0.489 e. The Morgan fingerprint density at radius 2 is 1.83 bits per heavy atom. The second kappa shape index (κ2) is 12.1. The van der Waals surface area contributed by atoms with E-state index in [1.807, 2.05) is 12.1 Å². The molecule has 1 N–H and O–H groups in total. The first-order valence-corrected chi connectivity index (χ1v) is 12.9. The molecule has 1 aliphatic carbocycles. The van der Waals surface area contributed by atoms with Crippen LogP contribution in [0.3, 0.4) is 0 Å². The van der Waals surface area contributed by atoms with Gasteiger partial charge in [0.25, 0.3) is 5.56 Å². The Kier molecular flexibility index (Phi) is 8.64. The third-order valence-electron chi connectivity index (χ3n) is 6.36. The van der Waals surface area contributed by atoms with Crippen LogP contribution >= 0.6 is 11.6 Å². The zero-order chi connectivity index (χ0) is 24.6. The van der Waals surface area contributed by atoms with Crippen molar-refractivity contribution in [1.82, 2.24) is 19.1 Å². The quantitative estimate of drug-likeness (QED) is 0.268. The standard InChI is InChI=1S/C27H33ClN4O3/c1-2-3-8-17-31-24-23(29-26(28)30-24)25(33)32(27(31)34)18-9-7-10-20-13-15-22(16-14-20)35-19-21-11-5-4-6-12-21/h4-5,11,13-16H,2-3,6-10,12,17-19H2,1H3,(H,29,30). The van der Waals surface area contributed by atoms with Crippen LogP contribution in [0.4, 0.5) is 0 Å². The molecule has 4 rings (SSSR count). The highest BCUT2D eigenvalue weighted by Gasteiger charge is 2.16. The number of aromatic nitrogens is 4. The maximum Gasteiger partial charge on any atom is 0.332 e. The fraction of sp³-hybridized carbons (Fsp3) is 0.444. The Labute approximate surface area is 210 Å². The number of imidazole rings is 1. The number of halogens is 1. The average molecular weight is 497 g/mol. The SMILES string of the molecule is CCCCCn1c(=O)n(CCCCc2ccc(OCC3=CC=CCC3)cc2)c(=O)c2[nH]c(Cl)nc21. The summed E-state index contributed by atoms with van der Waals surface area (Å²) >= 11 is 6.01. The number of fused-ring (bicyclic) bond motifs is 1. The molecule has 0 spiro atoms. The molecule has 2 aromatic heterocycles. The summed E-state index contributed by atoms with van der Waals surface area (Å²) in [5.41, 5.74) is 2.48. The molecule has 0 amide bonds. The topological polar surface area (TPSA) is 81.9 Å². The lowest BCUT2D eigenvalue weighted by Crippen LogP contribution is -2.40. The van der Waals surface area contributed by atoms with Gasteiger partial charge in [-0.15, -0.1) is 0 Å². The lowest BCUT2D eigenvalue weighted by Gasteiger charge is -2.12. The van der Waals surface area contributed by atoms with Crippen molar-refractivity contribution >= 4 is 22.8 Å². The predicted octanol–water partition coefficient (Wildman–Crippen LogP) is 5.41. The number of aryl methyl sites for hydroxylation is 2. The van der Waals surface area contributed by atoms with Crippen molar-refractivity contribution in [3.05, 3.63) is 79.8 Å². The molecule has 0 aliphatic heterocycles. The molecular formula is C27H33ClN4O3. The van der Waals surface area contributed by atoms with Crippen LogP contribution < -0.4 is 16.0 Å². The molecule has 0 saturated carbocycles. The van der Waals surface area contributed by atoms with Crippen molar-refractivity contribution < 1.29 is 4.74 Å². The maximum atomic E-state index is 13.1. The van der Waals surface area contributed by atoms with Crippen LogP contribution in [0.1, 0.15) is 57.4 Å². The van der Waals surface area contributed by atoms with E-state index in [4.69, 9.17) is 16.3 Å². The minimum atomic E-state index is -0.360. The number of benzene rings is 1. The van der Waals surface area contributed by atoms with Gasteiger partial charge in [0.15, 0.2) is 11.2 Å². The second-order valence-corrected chi connectivity index (χ2v) is 9.36. The van der Waals surface area contributed by atoms with Gasteiger partial charge >= 0.3 is 5.69 Å². The van der Waals surface area contributed by atoms with E-state index in [9.17, 15) is 9.59 Å². The molecule has 186 valence electrons. The molecule has 0 saturated heterocycles. The highest BCUT2D eigenvalue weighted by molar-refractivity contribution is 6.28. The predicted molar refractivity (Wildman–Crippen MR) is 140 cm³/mol. The van der Waals surface area contributed by atoms with Crippen LogP contribution in [0.2, 0.25) is 5.28 Å². The van der Waals surface area contributed by atoms with Crippen molar-refractivity contribution in [2.24, 2.45) is 0 Å². The van der Waals surface area contributed by atoms with E-state index in [-0.39, 0.29) is 16.5 Å². The molecule has 7 nitrogen and oxygen atoms in total. The summed E-state index contributed by atoms with van der Waals surface area (Å²) in [4.78, 5) is 33.0.